The van der Waals surface area contributed by atoms with Gasteiger partial charge in [0.05, 0.1) is 5.56 Å². The number of carbonyl (C=O) groups excluding carboxylic acids is 1. The van der Waals surface area contributed by atoms with Crippen LogP contribution in [0.4, 0.5) is 0 Å². The molecule has 5 nitrogen and oxygen atoms in total. The minimum atomic E-state index is -1.24. The summed E-state index contributed by atoms with van der Waals surface area (Å²) in [5.74, 6) is 0.599. The number of fused-ring (bicyclic) bond motifs is 6. The maximum atomic E-state index is 14.3. The fraction of sp³-hybridized carbons (Fsp3) is 0.446. The van der Waals surface area contributed by atoms with Gasteiger partial charge in [0.1, 0.15) is 23.0 Å². The molecule has 0 unspecified atom stereocenters. The number of hydrogen-bond acceptors (Lipinski definition) is 5. The Balaban J connectivity index is 1.19. The molecule has 5 rings (SSSR count). The van der Waals surface area contributed by atoms with E-state index in [1.165, 1.54) is 89.0 Å². The van der Waals surface area contributed by atoms with Crippen LogP contribution in [0.25, 0.3) is 0 Å². The van der Waals surface area contributed by atoms with Crippen LogP contribution >= 0.6 is 0 Å². The number of hydrogen-bond donors (Lipinski definition) is 2. The first kappa shape index (κ1) is 47.0. The number of phenolic OH excluding ortho intramolecular Hbond substituents is 2. The molecule has 1 spiro atoms. The molecule has 3 aromatic rings. The van der Waals surface area contributed by atoms with Crippen molar-refractivity contribution in [2.45, 2.75) is 161 Å². The highest BCUT2D eigenvalue weighted by molar-refractivity contribution is 5.99. The summed E-state index contributed by atoms with van der Waals surface area (Å²) in [6, 6.07) is 14.2. The highest BCUT2D eigenvalue weighted by atomic mass is 16.6. The molecule has 3 aromatic carbocycles. The van der Waals surface area contributed by atoms with Crippen molar-refractivity contribution in [2.24, 2.45) is 0 Å². The first-order valence-electron chi connectivity index (χ1n) is 23.7. The predicted molar refractivity (Wildman–Crippen MR) is 254 cm³/mol. The average Bonchev–Trinajstić information content (AvgIpc) is 3.55. The molecule has 0 fully saturated rings. The van der Waals surface area contributed by atoms with Crippen LogP contribution in [0.5, 0.6) is 23.0 Å². The third kappa shape index (κ3) is 14.0. The van der Waals surface area contributed by atoms with E-state index in [1.54, 1.807) is 36.4 Å². The van der Waals surface area contributed by atoms with Crippen LogP contribution in [0.1, 0.15) is 180 Å². The van der Waals surface area contributed by atoms with Crippen LogP contribution in [0.3, 0.4) is 0 Å². The lowest BCUT2D eigenvalue weighted by atomic mass is 9.76. The minimum absolute atomic E-state index is 0.0544. The predicted octanol–water partition coefficient (Wildman–Crippen LogP) is 15.9. The number of aryl methyl sites for hydroxylation is 1. The zero-order chi connectivity index (χ0) is 43.0. The summed E-state index contributed by atoms with van der Waals surface area (Å²) in [5, 5.41) is 20.8. The van der Waals surface area contributed by atoms with Gasteiger partial charge in [0.2, 0.25) is 0 Å². The molecule has 0 saturated carbocycles. The maximum absolute atomic E-state index is 14.3. The molecule has 0 radical (unpaired) electrons. The van der Waals surface area contributed by atoms with Gasteiger partial charge in [-0.15, -0.1) is 0 Å². The van der Waals surface area contributed by atoms with Gasteiger partial charge in [0, 0.05) is 28.8 Å². The SMILES string of the molecule is CCCCC=CC=CC=CCCCCCCCCc1ccc2c(c1CCCCCCCCC=CC=CC=CCCCC)C(=O)OC21c2ccc(O)cc2Oc2cc(O)ccc21. The molecule has 2 aliphatic heterocycles. The molecule has 326 valence electrons. The number of phenols is 2. The molecular weight excluding hydrogens is 753 g/mol. The third-order valence-electron chi connectivity index (χ3n) is 11.9. The Bertz CT molecular complexity index is 1940. The number of benzene rings is 3. The number of allylic oxidation sites excluding steroid dienone is 12. The number of unbranched alkanes of at least 4 members (excludes halogenated alkanes) is 16. The summed E-state index contributed by atoms with van der Waals surface area (Å²) >= 11 is 0. The Morgan fingerprint density at radius 2 is 0.918 bits per heavy atom. The molecule has 0 saturated heterocycles. The molecule has 0 atom stereocenters. The van der Waals surface area contributed by atoms with E-state index in [2.05, 4.69) is 98.9 Å². The molecule has 0 aliphatic carbocycles. The van der Waals surface area contributed by atoms with Crippen molar-refractivity contribution in [3.05, 3.63) is 155 Å². The number of ether oxygens (including phenoxy) is 2. The number of aromatic hydroxyl groups is 2. The first-order valence-corrected chi connectivity index (χ1v) is 23.7. The van der Waals surface area contributed by atoms with E-state index in [4.69, 9.17) is 9.47 Å². The number of carbonyl (C=O) groups is 1. The topological polar surface area (TPSA) is 76.0 Å². The zero-order valence-electron chi connectivity index (χ0n) is 37.2. The van der Waals surface area contributed by atoms with Crippen molar-refractivity contribution < 1.29 is 24.5 Å². The molecule has 61 heavy (non-hydrogen) atoms. The van der Waals surface area contributed by atoms with Gasteiger partial charge in [0.25, 0.3) is 0 Å². The van der Waals surface area contributed by atoms with Gasteiger partial charge in [0.15, 0.2) is 5.60 Å². The van der Waals surface area contributed by atoms with E-state index in [-0.39, 0.29) is 17.5 Å². The normalized spacial score (nSPS) is 14.4. The monoisotopic (exact) mass is 825 g/mol. The van der Waals surface area contributed by atoms with Gasteiger partial charge in [-0.2, -0.15) is 0 Å². The second-order valence-electron chi connectivity index (χ2n) is 16.7. The van der Waals surface area contributed by atoms with Crippen molar-refractivity contribution in [2.75, 3.05) is 0 Å². The molecule has 0 bridgehead atoms. The third-order valence-corrected chi connectivity index (χ3v) is 11.9. The van der Waals surface area contributed by atoms with Crippen LogP contribution < -0.4 is 4.74 Å². The van der Waals surface area contributed by atoms with Crippen LogP contribution in [0, 0.1) is 0 Å². The van der Waals surface area contributed by atoms with Crippen LogP contribution in [-0.4, -0.2) is 16.2 Å². The lowest BCUT2D eigenvalue weighted by molar-refractivity contribution is 0.0223. The second-order valence-corrected chi connectivity index (χ2v) is 16.7. The first-order chi connectivity index (χ1) is 30.0. The van der Waals surface area contributed by atoms with Gasteiger partial charge < -0.3 is 19.7 Å². The Hall–Kier alpha value is -5.03. The Labute approximate surface area is 367 Å². The molecule has 2 N–H and O–H groups in total. The summed E-state index contributed by atoms with van der Waals surface area (Å²) < 4.78 is 12.8. The fourth-order valence-electron chi connectivity index (χ4n) is 8.57. The van der Waals surface area contributed by atoms with Crippen molar-refractivity contribution in [1.29, 1.82) is 0 Å². The van der Waals surface area contributed by atoms with E-state index in [0.717, 1.165) is 68.9 Å². The summed E-state index contributed by atoms with van der Waals surface area (Å²) in [5.41, 5.74) is 3.93. The lowest BCUT2D eigenvalue weighted by Gasteiger charge is -2.36. The van der Waals surface area contributed by atoms with Gasteiger partial charge >= 0.3 is 5.97 Å². The minimum Gasteiger partial charge on any atom is -0.508 e. The maximum Gasteiger partial charge on any atom is 0.340 e. The van der Waals surface area contributed by atoms with E-state index in [1.807, 2.05) is 0 Å². The van der Waals surface area contributed by atoms with E-state index >= 15 is 0 Å². The largest absolute Gasteiger partial charge is 0.508 e. The lowest BCUT2D eigenvalue weighted by Crippen LogP contribution is -2.32. The van der Waals surface area contributed by atoms with Crippen molar-refractivity contribution >= 4 is 5.97 Å². The molecular formula is C56H72O5. The summed E-state index contributed by atoms with van der Waals surface area (Å²) in [6.07, 6.45) is 51.6. The smallest absolute Gasteiger partial charge is 0.340 e. The average molecular weight is 825 g/mol. The number of rotatable bonds is 28. The Morgan fingerprint density at radius 1 is 0.492 bits per heavy atom. The van der Waals surface area contributed by atoms with Crippen LogP contribution in [-0.2, 0) is 23.2 Å². The molecule has 0 amide bonds. The van der Waals surface area contributed by atoms with E-state index in [9.17, 15) is 15.0 Å². The van der Waals surface area contributed by atoms with Gasteiger partial charge in [-0.05, 0) is 99.6 Å². The highest BCUT2D eigenvalue weighted by Gasteiger charge is 2.54. The molecule has 2 heterocycles. The van der Waals surface area contributed by atoms with Gasteiger partial charge in [-0.3, -0.25) is 0 Å². The molecule has 5 heteroatoms. The fourth-order valence-corrected chi connectivity index (χ4v) is 8.57. The Morgan fingerprint density at radius 3 is 1.41 bits per heavy atom. The second kappa shape index (κ2) is 26.3. The van der Waals surface area contributed by atoms with Crippen molar-refractivity contribution in [3.8, 4) is 23.0 Å². The molecule has 0 aromatic heterocycles. The Kier molecular flexibility index (Phi) is 20.3. The van der Waals surface area contributed by atoms with Crippen molar-refractivity contribution in [1.82, 2.24) is 0 Å². The van der Waals surface area contributed by atoms with Crippen LogP contribution in [0.15, 0.2) is 121 Å². The van der Waals surface area contributed by atoms with Gasteiger partial charge in [-0.25, -0.2) is 4.79 Å². The quantitative estimate of drug-likeness (QED) is 0.0433. The number of esters is 1. The summed E-state index contributed by atoms with van der Waals surface area (Å²) in [6.45, 7) is 4.45. The van der Waals surface area contributed by atoms with E-state index in [0.29, 0.717) is 28.2 Å². The van der Waals surface area contributed by atoms with Gasteiger partial charge in [-0.1, -0.05) is 176 Å². The zero-order valence-corrected chi connectivity index (χ0v) is 37.2. The van der Waals surface area contributed by atoms with E-state index < -0.39 is 5.60 Å². The van der Waals surface area contributed by atoms with Crippen LogP contribution in [0.2, 0.25) is 0 Å². The summed E-state index contributed by atoms with van der Waals surface area (Å²) in [4.78, 5) is 14.3. The summed E-state index contributed by atoms with van der Waals surface area (Å²) in [7, 11) is 0. The van der Waals surface area contributed by atoms with Crippen molar-refractivity contribution in [3.63, 3.8) is 0 Å². The molecule has 2 aliphatic rings. The standard InChI is InChI=1S/C56H72O5/c1-3-5-7-9-11-13-15-17-19-21-23-25-27-29-31-33-35-45-37-40-51-54(48(45)36-34-32-30-28-26-24-22-20-18-16-14-12-10-8-6-4-2)55(59)61-56(51)49-41-38-46(57)43-52(49)60-53-44-47(58)39-42-50(53)56/h9-20,37-44,57-58H,3-8,21-36H2,1-2H3. The highest BCUT2D eigenvalue weighted by Crippen LogP contribution is 2.57.